The van der Waals surface area contributed by atoms with Crippen LogP contribution in [0.15, 0.2) is 24.3 Å². The molecule has 17 heavy (non-hydrogen) atoms. The van der Waals surface area contributed by atoms with E-state index in [9.17, 15) is 8.42 Å². The first-order chi connectivity index (χ1) is 7.90. The van der Waals surface area contributed by atoms with Crippen LogP contribution in [0.1, 0.15) is 18.5 Å². The van der Waals surface area contributed by atoms with Crippen LogP contribution in [-0.4, -0.2) is 27.0 Å². The Kier molecular flexibility index (Phi) is 4.50. The van der Waals surface area contributed by atoms with Crippen molar-refractivity contribution in [3.05, 3.63) is 29.8 Å². The largest absolute Gasteiger partial charge is 0.497 e. The number of rotatable bonds is 5. The summed E-state index contributed by atoms with van der Waals surface area (Å²) in [6.45, 7) is 1.63. The molecule has 0 aliphatic heterocycles. The number of hydrogen-bond acceptors (Lipinski definition) is 5. The zero-order chi connectivity index (χ0) is 13.1. The second kappa shape index (κ2) is 5.48. The quantitative estimate of drug-likeness (QED) is 0.598. The summed E-state index contributed by atoms with van der Waals surface area (Å²) in [5, 5.41) is -0.596. The Labute approximate surface area is 102 Å². The van der Waals surface area contributed by atoms with Gasteiger partial charge in [-0.3, -0.25) is 11.3 Å². The molecule has 6 heteroatoms. The molecule has 0 aliphatic rings. The van der Waals surface area contributed by atoms with Crippen molar-refractivity contribution in [2.75, 3.05) is 13.4 Å². The van der Waals surface area contributed by atoms with Gasteiger partial charge >= 0.3 is 0 Å². The zero-order valence-electron chi connectivity index (χ0n) is 10.2. The second-order valence-electron chi connectivity index (χ2n) is 3.95. The van der Waals surface area contributed by atoms with Crippen LogP contribution in [0.3, 0.4) is 0 Å². The highest BCUT2D eigenvalue weighted by Crippen LogP contribution is 2.23. The van der Waals surface area contributed by atoms with Gasteiger partial charge in [0.2, 0.25) is 0 Å². The molecule has 1 aromatic carbocycles. The molecule has 0 radical (unpaired) electrons. The Bertz CT molecular complexity index is 456. The minimum absolute atomic E-state index is 0.434. The predicted molar refractivity (Wildman–Crippen MR) is 67.4 cm³/mol. The number of ether oxygens (including phenoxy) is 1. The van der Waals surface area contributed by atoms with Gasteiger partial charge in [-0.1, -0.05) is 12.1 Å². The molecule has 0 bridgehead atoms. The standard InChI is InChI=1S/C11H18N2O3S/c1-8(17(3,14)15)11(13-12)9-4-6-10(16-2)7-5-9/h4-8,11,13H,12H2,1-3H3. The fourth-order valence-electron chi connectivity index (χ4n) is 1.56. The third-order valence-electron chi connectivity index (χ3n) is 2.80. The molecule has 1 rings (SSSR count). The molecule has 0 aromatic heterocycles. The lowest BCUT2D eigenvalue weighted by Crippen LogP contribution is -2.38. The van der Waals surface area contributed by atoms with Gasteiger partial charge in [-0.15, -0.1) is 0 Å². The van der Waals surface area contributed by atoms with E-state index in [2.05, 4.69) is 5.43 Å². The van der Waals surface area contributed by atoms with E-state index >= 15 is 0 Å². The van der Waals surface area contributed by atoms with Crippen molar-refractivity contribution in [1.82, 2.24) is 5.43 Å². The van der Waals surface area contributed by atoms with Gasteiger partial charge in [-0.25, -0.2) is 8.42 Å². The van der Waals surface area contributed by atoms with Crippen LogP contribution in [0.4, 0.5) is 0 Å². The molecule has 2 unspecified atom stereocenters. The van der Waals surface area contributed by atoms with Gasteiger partial charge in [0.05, 0.1) is 18.4 Å². The van der Waals surface area contributed by atoms with Crippen LogP contribution in [0.25, 0.3) is 0 Å². The number of nitrogens with two attached hydrogens (primary N) is 1. The van der Waals surface area contributed by atoms with E-state index in [-0.39, 0.29) is 0 Å². The van der Waals surface area contributed by atoms with Crippen molar-refractivity contribution >= 4 is 9.84 Å². The van der Waals surface area contributed by atoms with Crippen LogP contribution in [0, 0.1) is 0 Å². The molecule has 2 atom stereocenters. The lowest BCUT2D eigenvalue weighted by Gasteiger charge is -2.22. The lowest BCUT2D eigenvalue weighted by molar-refractivity contribution is 0.414. The highest BCUT2D eigenvalue weighted by Gasteiger charge is 2.26. The van der Waals surface area contributed by atoms with Crippen LogP contribution in [0.5, 0.6) is 5.75 Å². The van der Waals surface area contributed by atoms with Gasteiger partial charge in [-0.05, 0) is 24.6 Å². The van der Waals surface area contributed by atoms with Gasteiger partial charge in [-0.2, -0.15) is 0 Å². The number of benzene rings is 1. The molecular formula is C11H18N2O3S. The topological polar surface area (TPSA) is 81.4 Å². The van der Waals surface area contributed by atoms with Gasteiger partial charge in [0.25, 0.3) is 0 Å². The number of hydrazine groups is 1. The molecule has 3 N–H and O–H groups in total. The van der Waals surface area contributed by atoms with Crippen LogP contribution in [0.2, 0.25) is 0 Å². The molecule has 0 aliphatic carbocycles. The van der Waals surface area contributed by atoms with Crippen molar-refractivity contribution in [2.24, 2.45) is 5.84 Å². The highest BCUT2D eigenvalue weighted by molar-refractivity contribution is 7.91. The molecule has 0 saturated heterocycles. The molecule has 0 heterocycles. The Morgan fingerprint density at radius 3 is 2.18 bits per heavy atom. The number of methoxy groups -OCH3 is 1. The zero-order valence-corrected chi connectivity index (χ0v) is 11.0. The van der Waals surface area contributed by atoms with Crippen LogP contribution in [-0.2, 0) is 9.84 Å². The minimum Gasteiger partial charge on any atom is -0.497 e. The summed E-state index contributed by atoms with van der Waals surface area (Å²) in [4.78, 5) is 0. The maximum Gasteiger partial charge on any atom is 0.151 e. The van der Waals surface area contributed by atoms with E-state index in [1.807, 2.05) is 0 Å². The van der Waals surface area contributed by atoms with Crippen molar-refractivity contribution < 1.29 is 13.2 Å². The molecule has 5 nitrogen and oxygen atoms in total. The molecule has 0 spiro atoms. The first-order valence-electron chi connectivity index (χ1n) is 5.19. The van der Waals surface area contributed by atoms with E-state index in [0.29, 0.717) is 0 Å². The Balaban J connectivity index is 3.01. The summed E-state index contributed by atoms with van der Waals surface area (Å²) in [7, 11) is -1.58. The lowest BCUT2D eigenvalue weighted by atomic mass is 10.0. The summed E-state index contributed by atoms with van der Waals surface area (Å²) in [5.41, 5.74) is 3.35. The summed E-state index contributed by atoms with van der Waals surface area (Å²) in [5.74, 6) is 6.15. The van der Waals surface area contributed by atoms with E-state index in [0.717, 1.165) is 11.3 Å². The van der Waals surface area contributed by atoms with Crippen molar-refractivity contribution in [3.8, 4) is 5.75 Å². The van der Waals surface area contributed by atoms with Crippen LogP contribution < -0.4 is 16.0 Å². The first-order valence-corrected chi connectivity index (χ1v) is 7.14. The number of sulfone groups is 1. The second-order valence-corrected chi connectivity index (χ2v) is 6.35. The molecule has 0 fully saturated rings. The van der Waals surface area contributed by atoms with E-state index in [4.69, 9.17) is 10.6 Å². The first kappa shape index (κ1) is 14.0. The third kappa shape index (κ3) is 3.42. The van der Waals surface area contributed by atoms with Crippen molar-refractivity contribution in [3.63, 3.8) is 0 Å². The molecule has 0 amide bonds. The molecule has 1 aromatic rings. The van der Waals surface area contributed by atoms with Gasteiger partial charge < -0.3 is 4.74 Å². The third-order valence-corrected chi connectivity index (χ3v) is 4.42. The van der Waals surface area contributed by atoms with Gasteiger partial charge in [0.1, 0.15) is 5.75 Å². The maximum absolute atomic E-state index is 11.5. The molecular weight excluding hydrogens is 240 g/mol. The van der Waals surface area contributed by atoms with Crippen molar-refractivity contribution in [2.45, 2.75) is 18.2 Å². The van der Waals surface area contributed by atoms with Crippen LogP contribution >= 0.6 is 0 Å². The molecule has 96 valence electrons. The fraction of sp³-hybridized carbons (Fsp3) is 0.455. The fourth-order valence-corrected chi connectivity index (χ4v) is 2.29. The smallest absolute Gasteiger partial charge is 0.151 e. The average Bonchev–Trinajstić information content (AvgIpc) is 2.29. The molecule has 0 saturated carbocycles. The van der Waals surface area contributed by atoms with Gasteiger partial charge in [0.15, 0.2) is 9.84 Å². The van der Waals surface area contributed by atoms with E-state index in [1.165, 1.54) is 6.26 Å². The van der Waals surface area contributed by atoms with Gasteiger partial charge in [0, 0.05) is 6.26 Å². The number of hydrogen-bond donors (Lipinski definition) is 2. The summed E-state index contributed by atoms with van der Waals surface area (Å²) >= 11 is 0. The SMILES string of the molecule is COc1ccc(C(NN)C(C)S(C)(=O)=O)cc1. The Hall–Kier alpha value is -1.11. The summed E-state index contributed by atoms with van der Waals surface area (Å²) in [6, 6.07) is 6.70. The minimum atomic E-state index is -3.15. The predicted octanol–water partition coefficient (Wildman–Crippen LogP) is 0.633. The Morgan fingerprint density at radius 2 is 1.82 bits per heavy atom. The van der Waals surface area contributed by atoms with Crippen molar-refractivity contribution in [1.29, 1.82) is 0 Å². The summed E-state index contributed by atoms with van der Waals surface area (Å²) in [6.07, 6.45) is 1.20. The number of nitrogens with one attached hydrogen (secondary N) is 1. The van der Waals surface area contributed by atoms with E-state index in [1.54, 1.807) is 38.3 Å². The monoisotopic (exact) mass is 258 g/mol. The normalized spacial score (nSPS) is 15.3. The maximum atomic E-state index is 11.5. The summed E-state index contributed by atoms with van der Waals surface area (Å²) < 4.78 is 28.1. The highest BCUT2D eigenvalue weighted by atomic mass is 32.2. The van der Waals surface area contributed by atoms with E-state index < -0.39 is 21.1 Å². The Morgan fingerprint density at radius 1 is 1.29 bits per heavy atom. The average molecular weight is 258 g/mol.